The molecule has 1 aliphatic heterocycles. The third kappa shape index (κ3) is 3.56. The van der Waals surface area contributed by atoms with Crippen LogP contribution in [0, 0.1) is 15.3 Å². The molecular weight excluding hydrogens is 491 g/mol. The number of carbonyl (C=O) groups excluding carboxylic acids is 1. The van der Waals surface area contributed by atoms with Crippen molar-refractivity contribution in [2.24, 2.45) is 5.92 Å². The van der Waals surface area contributed by atoms with Gasteiger partial charge in [0.1, 0.15) is 11.9 Å². The molecule has 0 N–H and O–H groups in total. The third-order valence-corrected chi connectivity index (χ3v) is 6.30. The predicted octanol–water partition coefficient (Wildman–Crippen LogP) is 4.53. The maximum Gasteiger partial charge on any atom is 0.417 e. The monoisotopic (exact) mass is 506 g/mol. The fraction of sp³-hybridized carbons (Fsp3) is 0.368. The van der Waals surface area contributed by atoms with E-state index in [1.165, 1.54) is 18.2 Å². The van der Waals surface area contributed by atoms with Crippen LogP contribution >= 0.6 is 22.6 Å². The molecule has 3 unspecified atom stereocenters. The number of halogens is 5. The molecule has 4 rings (SSSR count). The van der Waals surface area contributed by atoms with Crippen LogP contribution in [0.2, 0.25) is 0 Å². The lowest BCUT2D eigenvalue weighted by Gasteiger charge is -2.33. The van der Waals surface area contributed by atoms with Crippen molar-refractivity contribution in [3.63, 3.8) is 0 Å². The molecule has 2 aromatic rings. The normalized spacial score (nSPS) is 23.9. The summed E-state index contributed by atoms with van der Waals surface area (Å²) in [6.07, 6.45) is -2.61. The average molecular weight is 506 g/mol. The highest BCUT2D eigenvalue weighted by atomic mass is 127. The fourth-order valence-corrected chi connectivity index (χ4v) is 4.51. The molecule has 1 saturated heterocycles. The van der Waals surface area contributed by atoms with Crippen molar-refractivity contribution in [1.29, 1.82) is 0 Å². The lowest BCUT2D eigenvalue weighted by Crippen LogP contribution is -2.47. The average Bonchev–Trinajstić information content (AvgIpc) is 3.23. The van der Waals surface area contributed by atoms with Gasteiger partial charge in [-0.2, -0.15) is 13.2 Å². The summed E-state index contributed by atoms with van der Waals surface area (Å²) < 4.78 is 57.8. The van der Waals surface area contributed by atoms with Gasteiger partial charge in [0.15, 0.2) is 0 Å². The van der Waals surface area contributed by atoms with Gasteiger partial charge in [-0.1, -0.05) is 6.07 Å². The van der Waals surface area contributed by atoms with Crippen LogP contribution < -0.4 is 4.74 Å². The topological polar surface area (TPSA) is 42.4 Å². The lowest BCUT2D eigenvalue weighted by molar-refractivity contribution is -0.137. The summed E-state index contributed by atoms with van der Waals surface area (Å²) in [7, 11) is 0. The van der Waals surface area contributed by atoms with Gasteiger partial charge in [-0.25, -0.2) is 9.37 Å². The Morgan fingerprint density at radius 2 is 2.00 bits per heavy atom. The molecule has 2 aliphatic rings. The van der Waals surface area contributed by atoms with E-state index < -0.39 is 17.6 Å². The first kappa shape index (κ1) is 19.4. The number of benzene rings is 1. The van der Waals surface area contributed by atoms with E-state index in [9.17, 15) is 22.4 Å². The van der Waals surface area contributed by atoms with Gasteiger partial charge in [0.2, 0.25) is 5.88 Å². The Balaban J connectivity index is 1.49. The maximum absolute atomic E-state index is 13.8. The number of carbonyl (C=O) groups is 1. The minimum absolute atomic E-state index is 0.0956. The van der Waals surface area contributed by atoms with E-state index in [0.29, 0.717) is 18.5 Å². The van der Waals surface area contributed by atoms with Crippen molar-refractivity contribution in [2.45, 2.75) is 31.2 Å². The molecule has 1 amide bonds. The highest BCUT2D eigenvalue weighted by Crippen LogP contribution is 2.41. The summed E-state index contributed by atoms with van der Waals surface area (Å²) in [5.41, 5.74) is -0.537. The molecule has 28 heavy (non-hydrogen) atoms. The highest BCUT2D eigenvalue weighted by Gasteiger charge is 2.48. The molecule has 2 heterocycles. The van der Waals surface area contributed by atoms with Crippen molar-refractivity contribution in [2.75, 3.05) is 6.54 Å². The molecule has 1 aromatic heterocycles. The first-order valence-electron chi connectivity index (χ1n) is 8.69. The third-order valence-electron chi connectivity index (χ3n) is 5.20. The van der Waals surface area contributed by atoms with Crippen molar-refractivity contribution in [1.82, 2.24) is 9.88 Å². The van der Waals surface area contributed by atoms with Gasteiger partial charge >= 0.3 is 6.18 Å². The molecule has 1 aliphatic carbocycles. The molecule has 0 radical (unpaired) electrons. The van der Waals surface area contributed by atoms with Gasteiger partial charge < -0.3 is 9.64 Å². The Morgan fingerprint density at radius 1 is 1.21 bits per heavy atom. The molecule has 1 saturated carbocycles. The summed E-state index contributed by atoms with van der Waals surface area (Å²) in [6, 6.07) is 6.30. The van der Waals surface area contributed by atoms with E-state index in [0.717, 1.165) is 18.7 Å². The number of alkyl halides is 3. The number of hydrogen-bond donors (Lipinski definition) is 0. The summed E-state index contributed by atoms with van der Waals surface area (Å²) in [6.45, 7) is 0.566. The van der Waals surface area contributed by atoms with Crippen molar-refractivity contribution in [3.05, 3.63) is 57.0 Å². The molecular formula is C19H15F4IN2O2. The number of likely N-dealkylation sites (tertiary alicyclic amines) is 1. The van der Waals surface area contributed by atoms with Gasteiger partial charge in [0.05, 0.1) is 20.7 Å². The van der Waals surface area contributed by atoms with Crippen LogP contribution in [-0.4, -0.2) is 34.5 Å². The quantitative estimate of drug-likeness (QED) is 0.454. The summed E-state index contributed by atoms with van der Waals surface area (Å²) in [4.78, 5) is 18.4. The Bertz CT molecular complexity index is 904. The van der Waals surface area contributed by atoms with Gasteiger partial charge in [-0.3, -0.25) is 4.79 Å². The number of ether oxygens (including phenoxy) is 1. The second kappa shape index (κ2) is 7.16. The van der Waals surface area contributed by atoms with E-state index >= 15 is 0 Å². The van der Waals surface area contributed by atoms with Gasteiger partial charge in [0.25, 0.3) is 5.91 Å². The molecule has 2 bridgehead atoms. The smallest absolute Gasteiger partial charge is 0.417 e. The van der Waals surface area contributed by atoms with Crippen molar-refractivity contribution < 1.29 is 27.1 Å². The Hall–Kier alpha value is -1.91. The Morgan fingerprint density at radius 3 is 2.64 bits per heavy atom. The fourth-order valence-electron chi connectivity index (χ4n) is 3.92. The highest BCUT2D eigenvalue weighted by molar-refractivity contribution is 14.1. The second-order valence-electron chi connectivity index (χ2n) is 7.00. The standard InChI is InChI=1S/C19H15F4IN2O2/c20-13-3-1-2-12(17(13)24)18(27)26-9-10-6-14(26)15(7-10)28-16-5-4-11(8-25-16)19(21,22)23/h1-5,8,10,14-15H,6-7,9H2. The van der Waals surface area contributed by atoms with Gasteiger partial charge in [-0.05, 0) is 59.5 Å². The number of fused-ring (bicyclic) bond motifs is 2. The van der Waals surface area contributed by atoms with E-state index in [2.05, 4.69) is 4.98 Å². The number of nitrogens with zero attached hydrogens (tertiary/aromatic N) is 2. The van der Waals surface area contributed by atoms with Crippen LogP contribution in [0.15, 0.2) is 36.5 Å². The summed E-state index contributed by atoms with van der Waals surface area (Å²) in [5, 5.41) is 0. The first-order valence-corrected chi connectivity index (χ1v) is 9.77. The van der Waals surface area contributed by atoms with E-state index in [1.807, 2.05) is 22.6 Å². The predicted molar refractivity (Wildman–Crippen MR) is 100 cm³/mol. The number of rotatable bonds is 3. The molecule has 0 spiro atoms. The molecule has 1 aromatic carbocycles. The van der Waals surface area contributed by atoms with Crippen LogP contribution in [0.25, 0.3) is 0 Å². The minimum Gasteiger partial charge on any atom is -0.472 e. The van der Waals surface area contributed by atoms with Crippen LogP contribution in [0.3, 0.4) is 0 Å². The van der Waals surface area contributed by atoms with Crippen LogP contribution in [-0.2, 0) is 6.18 Å². The van der Waals surface area contributed by atoms with Crippen LogP contribution in [0.5, 0.6) is 5.88 Å². The second-order valence-corrected chi connectivity index (χ2v) is 8.08. The van der Waals surface area contributed by atoms with Gasteiger partial charge in [0, 0.05) is 18.8 Å². The molecule has 9 heteroatoms. The number of hydrogen-bond acceptors (Lipinski definition) is 3. The van der Waals surface area contributed by atoms with E-state index in [1.54, 1.807) is 11.0 Å². The number of amides is 1. The molecule has 148 valence electrons. The molecule has 4 nitrogen and oxygen atoms in total. The van der Waals surface area contributed by atoms with Crippen molar-refractivity contribution >= 4 is 28.5 Å². The number of pyridine rings is 1. The molecule has 3 atom stereocenters. The zero-order chi connectivity index (χ0) is 20.1. The van der Waals surface area contributed by atoms with Gasteiger partial charge in [-0.15, -0.1) is 0 Å². The zero-order valence-corrected chi connectivity index (χ0v) is 16.6. The lowest BCUT2D eigenvalue weighted by atomic mass is 10.1. The zero-order valence-electron chi connectivity index (χ0n) is 14.4. The minimum atomic E-state index is -4.46. The van der Waals surface area contributed by atoms with Crippen molar-refractivity contribution in [3.8, 4) is 5.88 Å². The van der Waals surface area contributed by atoms with Crippen LogP contribution in [0.4, 0.5) is 17.6 Å². The largest absolute Gasteiger partial charge is 0.472 e. The Kier molecular flexibility index (Phi) is 4.96. The number of aromatic nitrogens is 1. The van der Waals surface area contributed by atoms with Crippen LogP contribution in [0.1, 0.15) is 28.8 Å². The Labute approximate surface area is 172 Å². The summed E-state index contributed by atoms with van der Waals surface area (Å²) in [5.74, 6) is -0.361. The number of piperidine rings is 1. The van der Waals surface area contributed by atoms with E-state index in [4.69, 9.17) is 4.74 Å². The summed E-state index contributed by atoms with van der Waals surface area (Å²) >= 11 is 1.81. The van der Waals surface area contributed by atoms with E-state index in [-0.39, 0.29) is 33.4 Å². The molecule has 2 fully saturated rings. The SMILES string of the molecule is O=C(c1cccc(F)c1I)N1CC2CC(Oc3ccc(C(F)(F)F)cn3)C1C2. The maximum atomic E-state index is 13.8. The first-order chi connectivity index (χ1) is 13.2.